The van der Waals surface area contributed by atoms with E-state index < -0.39 is 0 Å². The summed E-state index contributed by atoms with van der Waals surface area (Å²) in [5, 5.41) is 6.59. The Morgan fingerprint density at radius 2 is 1.90 bits per heavy atom. The average Bonchev–Trinajstić information content (AvgIpc) is 3.60. The lowest BCUT2D eigenvalue weighted by Crippen LogP contribution is -2.54. The van der Waals surface area contributed by atoms with Crippen LogP contribution in [-0.2, 0) is 4.79 Å². The Kier molecular flexibility index (Phi) is 7.72. The maximum absolute atomic E-state index is 14.0. The van der Waals surface area contributed by atoms with E-state index >= 15 is 0 Å². The SMILES string of the molecule is CCN=C(NC1CC1c1ccccc1F)N1CCN(CC(=O)NC2CC2)CC1.I. The molecule has 160 valence electrons. The van der Waals surface area contributed by atoms with Gasteiger partial charge in [-0.25, -0.2) is 4.39 Å². The minimum absolute atomic E-state index is 0. The van der Waals surface area contributed by atoms with E-state index in [2.05, 4.69) is 25.4 Å². The largest absolute Gasteiger partial charge is 0.353 e. The highest BCUT2D eigenvalue weighted by atomic mass is 127. The molecule has 2 N–H and O–H groups in total. The molecule has 8 heteroatoms. The molecular formula is C21H31FIN5O. The van der Waals surface area contributed by atoms with Crippen molar-refractivity contribution in [3.8, 4) is 0 Å². The van der Waals surface area contributed by atoms with Gasteiger partial charge in [-0.1, -0.05) is 18.2 Å². The Morgan fingerprint density at radius 1 is 1.17 bits per heavy atom. The van der Waals surface area contributed by atoms with E-state index in [-0.39, 0.29) is 47.7 Å². The second-order valence-electron chi connectivity index (χ2n) is 8.02. The van der Waals surface area contributed by atoms with Crippen LogP contribution in [0.4, 0.5) is 4.39 Å². The van der Waals surface area contributed by atoms with Crippen LogP contribution in [0.2, 0.25) is 0 Å². The Morgan fingerprint density at radius 3 is 2.55 bits per heavy atom. The standard InChI is InChI=1S/C21H30FN5O.HI/c1-2-23-21(25-19-13-17(19)16-5-3-4-6-18(16)22)27-11-9-26(10-12-27)14-20(28)24-15-7-8-15;/h3-6,15,17,19H,2,7-14H2,1H3,(H,23,25)(H,24,28);1H. The zero-order valence-corrected chi connectivity index (χ0v) is 19.3. The summed E-state index contributed by atoms with van der Waals surface area (Å²) in [6.45, 7) is 6.62. The summed E-state index contributed by atoms with van der Waals surface area (Å²) < 4.78 is 14.0. The van der Waals surface area contributed by atoms with Crippen LogP contribution in [-0.4, -0.2) is 73.0 Å². The van der Waals surface area contributed by atoms with Gasteiger partial charge >= 0.3 is 0 Å². The molecule has 0 bridgehead atoms. The molecule has 4 rings (SSSR count). The number of carbonyl (C=O) groups is 1. The molecular weight excluding hydrogens is 484 g/mol. The zero-order chi connectivity index (χ0) is 19.5. The average molecular weight is 515 g/mol. The summed E-state index contributed by atoms with van der Waals surface area (Å²) in [4.78, 5) is 21.1. The lowest BCUT2D eigenvalue weighted by Gasteiger charge is -2.36. The van der Waals surface area contributed by atoms with E-state index in [1.807, 2.05) is 19.1 Å². The van der Waals surface area contributed by atoms with Crippen LogP contribution in [0.1, 0.15) is 37.7 Å². The molecule has 1 aliphatic heterocycles. The highest BCUT2D eigenvalue weighted by molar-refractivity contribution is 14.0. The van der Waals surface area contributed by atoms with Crippen molar-refractivity contribution in [2.75, 3.05) is 39.3 Å². The second-order valence-corrected chi connectivity index (χ2v) is 8.02. The normalized spacial score (nSPS) is 24.6. The Labute approximate surface area is 189 Å². The highest BCUT2D eigenvalue weighted by Gasteiger charge is 2.41. The number of carbonyl (C=O) groups excluding carboxylic acids is 1. The number of hydrogen-bond donors (Lipinski definition) is 2. The fourth-order valence-electron chi connectivity index (χ4n) is 3.85. The number of benzene rings is 1. The fraction of sp³-hybridized carbons (Fsp3) is 0.619. The van der Waals surface area contributed by atoms with Gasteiger partial charge < -0.3 is 15.5 Å². The number of nitrogens with zero attached hydrogens (tertiary/aromatic N) is 3. The van der Waals surface area contributed by atoms with Crippen molar-refractivity contribution in [2.45, 2.75) is 44.2 Å². The quantitative estimate of drug-likeness (QED) is 0.347. The molecule has 1 aromatic rings. The lowest BCUT2D eigenvalue weighted by molar-refractivity contribution is -0.122. The van der Waals surface area contributed by atoms with Crippen molar-refractivity contribution < 1.29 is 9.18 Å². The molecule has 1 aromatic carbocycles. The van der Waals surface area contributed by atoms with E-state index in [1.54, 1.807) is 6.07 Å². The number of piperazine rings is 1. The van der Waals surface area contributed by atoms with Gasteiger partial charge in [0.15, 0.2) is 5.96 Å². The van der Waals surface area contributed by atoms with E-state index in [0.29, 0.717) is 19.1 Å². The Balaban J connectivity index is 0.00000240. The molecule has 3 fully saturated rings. The molecule has 1 saturated heterocycles. The van der Waals surface area contributed by atoms with Crippen molar-refractivity contribution in [1.82, 2.24) is 20.4 Å². The van der Waals surface area contributed by atoms with Gasteiger partial charge in [0.1, 0.15) is 5.82 Å². The first-order valence-corrected chi connectivity index (χ1v) is 10.5. The van der Waals surface area contributed by atoms with Gasteiger partial charge in [0.25, 0.3) is 0 Å². The van der Waals surface area contributed by atoms with E-state index in [4.69, 9.17) is 0 Å². The predicted octanol–water partition coefficient (Wildman–Crippen LogP) is 2.16. The highest BCUT2D eigenvalue weighted by Crippen LogP contribution is 2.41. The van der Waals surface area contributed by atoms with Crippen LogP contribution in [0.15, 0.2) is 29.3 Å². The van der Waals surface area contributed by atoms with Gasteiger partial charge in [-0.15, -0.1) is 24.0 Å². The molecule has 0 spiro atoms. The summed E-state index contributed by atoms with van der Waals surface area (Å²) in [6.07, 6.45) is 3.18. The third-order valence-electron chi connectivity index (χ3n) is 5.70. The van der Waals surface area contributed by atoms with Gasteiger partial charge in [0.2, 0.25) is 5.91 Å². The fourth-order valence-corrected chi connectivity index (χ4v) is 3.85. The number of aliphatic imine (C=N–C) groups is 1. The minimum Gasteiger partial charge on any atom is -0.353 e. The molecule has 1 heterocycles. The predicted molar refractivity (Wildman–Crippen MR) is 123 cm³/mol. The number of halogens is 2. The number of guanidine groups is 1. The third kappa shape index (κ3) is 6.04. The van der Waals surface area contributed by atoms with Crippen molar-refractivity contribution in [3.05, 3.63) is 35.6 Å². The first kappa shape index (κ1) is 22.3. The number of amides is 1. The van der Waals surface area contributed by atoms with Gasteiger partial charge in [-0.3, -0.25) is 14.7 Å². The van der Waals surface area contributed by atoms with Crippen LogP contribution in [0, 0.1) is 5.82 Å². The molecule has 29 heavy (non-hydrogen) atoms. The molecule has 2 unspecified atom stereocenters. The summed E-state index contributed by atoms with van der Waals surface area (Å²) in [5.41, 5.74) is 0.794. The molecule has 2 atom stereocenters. The van der Waals surface area contributed by atoms with E-state index in [9.17, 15) is 9.18 Å². The van der Waals surface area contributed by atoms with Crippen LogP contribution >= 0.6 is 24.0 Å². The first-order chi connectivity index (χ1) is 13.6. The topological polar surface area (TPSA) is 60.0 Å². The Bertz CT molecular complexity index is 734. The van der Waals surface area contributed by atoms with Crippen molar-refractivity contribution in [2.24, 2.45) is 4.99 Å². The molecule has 2 saturated carbocycles. The monoisotopic (exact) mass is 515 g/mol. The van der Waals surface area contributed by atoms with Crippen molar-refractivity contribution >= 4 is 35.8 Å². The van der Waals surface area contributed by atoms with Gasteiger partial charge in [-0.2, -0.15) is 0 Å². The van der Waals surface area contributed by atoms with Crippen molar-refractivity contribution in [1.29, 1.82) is 0 Å². The maximum Gasteiger partial charge on any atom is 0.234 e. The van der Waals surface area contributed by atoms with Gasteiger partial charge in [-0.05, 0) is 37.8 Å². The van der Waals surface area contributed by atoms with E-state index in [1.165, 1.54) is 6.07 Å². The van der Waals surface area contributed by atoms with Crippen LogP contribution in [0.3, 0.4) is 0 Å². The van der Waals surface area contributed by atoms with Crippen LogP contribution < -0.4 is 10.6 Å². The molecule has 6 nitrogen and oxygen atoms in total. The number of rotatable bonds is 6. The van der Waals surface area contributed by atoms with Gasteiger partial charge in [0.05, 0.1) is 6.54 Å². The minimum atomic E-state index is -0.121. The molecule has 3 aliphatic rings. The summed E-state index contributed by atoms with van der Waals surface area (Å²) in [6, 6.07) is 7.70. The molecule has 0 radical (unpaired) electrons. The lowest BCUT2D eigenvalue weighted by atomic mass is 10.1. The third-order valence-corrected chi connectivity index (χ3v) is 5.70. The van der Waals surface area contributed by atoms with Crippen LogP contribution in [0.5, 0.6) is 0 Å². The van der Waals surface area contributed by atoms with Crippen molar-refractivity contribution in [3.63, 3.8) is 0 Å². The van der Waals surface area contributed by atoms with Crippen LogP contribution in [0.25, 0.3) is 0 Å². The summed E-state index contributed by atoms with van der Waals surface area (Å²) in [5.74, 6) is 1.15. The smallest absolute Gasteiger partial charge is 0.234 e. The first-order valence-electron chi connectivity index (χ1n) is 10.5. The second kappa shape index (κ2) is 10.1. The summed E-state index contributed by atoms with van der Waals surface area (Å²) >= 11 is 0. The molecule has 0 aromatic heterocycles. The summed E-state index contributed by atoms with van der Waals surface area (Å²) in [7, 11) is 0. The van der Waals surface area contributed by atoms with Gasteiger partial charge in [0, 0.05) is 50.7 Å². The molecule has 2 aliphatic carbocycles. The number of hydrogen-bond acceptors (Lipinski definition) is 3. The molecule has 1 amide bonds. The number of nitrogens with one attached hydrogen (secondary N) is 2. The Hall–Kier alpha value is -1.42. The maximum atomic E-state index is 14.0. The zero-order valence-electron chi connectivity index (χ0n) is 16.9. The van der Waals surface area contributed by atoms with E-state index in [0.717, 1.165) is 57.0 Å².